The van der Waals surface area contributed by atoms with Crippen molar-refractivity contribution in [2.75, 3.05) is 13.2 Å². The molecule has 1 amide bonds. The molecule has 1 atom stereocenters. The molecule has 1 aliphatic rings. The number of hydrogen-bond donors (Lipinski definition) is 2. The van der Waals surface area contributed by atoms with Gasteiger partial charge in [0.1, 0.15) is 5.75 Å². The molecular weight excluding hydrogens is 240 g/mol. The molecule has 0 aliphatic carbocycles. The van der Waals surface area contributed by atoms with E-state index in [0.29, 0.717) is 19.6 Å². The maximum absolute atomic E-state index is 11.9. The van der Waals surface area contributed by atoms with Crippen LogP contribution in [0.3, 0.4) is 0 Å². The number of ether oxygens (including phenoxy) is 1. The van der Waals surface area contributed by atoms with Gasteiger partial charge >= 0.3 is 0 Å². The minimum absolute atomic E-state index is 0.0580. The first kappa shape index (κ1) is 13.9. The van der Waals surface area contributed by atoms with E-state index in [9.17, 15) is 4.79 Å². The van der Waals surface area contributed by atoms with Crippen LogP contribution in [0.25, 0.3) is 0 Å². The van der Waals surface area contributed by atoms with Crippen molar-refractivity contribution in [2.24, 2.45) is 5.73 Å². The standard InChI is InChI=1S/C15H22N2O2/c1-11-5-2-6-12-13(7-4-10-19-15(11)12)17-14(18)8-3-9-16/h2,5-6,13H,3-4,7-10,16H2,1H3,(H,17,18). The Kier molecular flexibility index (Phi) is 4.80. The quantitative estimate of drug-likeness (QED) is 0.873. The number of fused-ring (bicyclic) bond motifs is 1. The van der Waals surface area contributed by atoms with Crippen LogP contribution >= 0.6 is 0 Å². The fraction of sp³-hybridized carbons (Fsp3) is 0.533. The Labute approximate surface area is 114 Å². The third kappa shape index (κ3) is 3.47. The molecule has 0 fully saturated rings. The van der Waals surface area contributed by atoms with Gasteiger partial charge in [-0.2, -0.15) is 0 Å². The molecule has 1 unspecified atom stereocenters. The monoisotopic (exact) mass is 262 g/mol. The summed E-state index contributed by atoms with van der Waals surface area (Å²) in [7, 11) is 0. The lowest BCUT2D eigenvalue weighted by Crippen LogP contribution is -2.28. The lowest BCUT2D eigenvalue weighted by molar-refractivity contribution is -0.121. The first-order valence-electron chi connectivity index (χ1n) is 6.94. The van der Waals surface area contributed by atoms with Gasteiger partial charge in [0, 0.05) is 12.0 Å². The van der Waals surface area contributed by atoms with Crippen molar-refractivity contribution >= 4 is 5.91 Å². The zero-order chi connectivity index (χ0) is 13.7. The number of nitrogens with one attached hydrogen (secondary N) is 1. The average Bonchev–Trinajstić information content (AvgIpc) is 2.60. The summed E-state index contributed by atoms with van der Waals surface area (Å²) in [6, 6.07) is 6.16. The first-order valence-corrected chi connectivity index (χ1v) is 6.94. The summed E-state index contributed by atoms with van der Waals surface area (Å²) in [4.78, 5) is 11.9. The van der Waals surface area contributed by atoms with Gasteiger partial charge in [-0.25, -0.2) is 0 Å². The number of nitrogens with two attached hydrogens (primary N) is 1. The van der Waals surface area contributed by atoms with Gasteiger partial charge in [-0.15, -0.1) is 0 Å². The number of rotatable bonds is 4. The smallest absolute Gasteiger partial charge is 0.220 e. The molecule has 0 bridgehead atoms. The van der Waals surface area contributed by atoms with Gasteiger partial charge in [0.05, 0.1) is 12.6 Å². The van der Waals surface area contributed by atoms with Gasteiger partial charge in [-0.3, -0.25) is 4.79 Å². The van der Waals surface area contributed by atoms with Crippen LogP contribution < -0.4 is 15.8 Å². The fourth-order valence-corrected chi connectivity index (χ4v) is 2.44. The van der Waals surface area contributed by atoms with Crippen molar-refractivity contribution in [3.8, 4) is 5.75 Å². The molecule has 1 aromatic rings. The minimum atomic E-state index is 0.0580. The molecule has 3 N–H and O–H groups in total. The number of carbonyl (C=O) groups is 1. The van der Waals surface area contributed by atoms with E-state index in [-0.39, 0.29) is 11.9 Å². The van der Waals surface area contributed by atoms with Crippen LogP contribution in [0.15, 0.2) is 18.2 Å². The molecule has 0 aromatic heterocycles. The Hall–Kier alpha value is -1.55. The Morgan fingerprint density at radius 3 is 3.16 bits per heavy atom. The van der Waals surface area contributed by atoms with E-state index in [1.165, 1.54) is 0 Å². The Morgan fingerprint density at radius 2 is 2.37 bits per heavy atom. The van der Waals surface area contributed by atoms with Crippen molar-refractivity contribution in [1.29, 1.82) is 0 Å². The maximum Gasteiger partial charge on any atom is 0.220 e. The number of carbonyl (C=O) groups excluding carboxylic acids is 1. The van der Waals surface area contributed by atoms with E-state index in [2.05, 4.69) is 5.32 Å². The predicted octanol–water partition coefficient (Wildman–Crippen LogP) is 2.06. The highest BCUT2D eigenvalue weighted by atomic mass is 16.5. The SMILES string of the molecule is Cc1cccc2c1OCCCC2NC(=O)CCCN. The molecule has 2 rings (SSSR count). The van der Waals surface area contributed by atoms with Crippen molar-refractivity contribution in [3.63, 3.8) is 0 Å². The van der Waals surface area contributed by atoms with E-state index in [0.717, 1.165) is 36.1 Å². The van der Waals surface area contributed by atoms with Crippen LogP contribution in [-0.4, -0.2) is 19.1 Å². The van der Waals surface area contributed by atoms with Crippen LogP contribution in [-0.2, 0) is 4.79 Å². The van der Waals surface area contributed by atoms with Crippen molar-refractivity contribution in [3.05, 3.63) is 29.3 Å². The lowest BCUT2D eigenvalue weighted by Gasteiger charge is -2.19. The van der Waals surface area contributed by atoms with Crippen molar-refractivity contribution < 1.29 is 9.53 Å². The number of para-hydroxylation sites is 1. The summed E-state index contributed by atoms with van der Waals surface area (Å²) < 4.78 is 5.80. The van der Waals surface area contributed by atoms with Crippen molar-refractivity contribution in [1.82, 2.24) is 5.32 Å². The average molecular weight is 262 g/mol. The van der Waals surface area contributed by atoms with Crippen LogP contribution in [0.5, 0.6) is 5.75 Å². The highest BCUT2D eigenvalue weighted by molar-refractivity contribution is 5.76. The summed E-state index contributed by atoms with van der Waals surface area (Å²) in [5.74, 6) is 1.01. The lowest BCUT2D eigenvalue weighted by atomic mass is 9.99. The first-order chi connectivity index (χ1) is 9.22. The zero-order valence-electron chi connectivity index (χ0n) is 11.4. The highest BCUT2D eigenvalue weighted by Gasteiger charge is 2.22. The summed E-state index contributed by atoms with van der Waals surface area (Å²) in [5.41, 5.74) is 7.65. The van der Waals surface area contributed by atoms with Crippen LogP contribution in [0.1, 0.15) is 42.9 Å². The zero-order valence-corrected chi connectivity index (χ0v) is 11.4. The summed E-state index contributed by atoms with van der Waals surface area (Å²) in [6.45, 7) is 3.31. The molecule has 1 aromatic carbocycles. The molecule has 0 saturated heterocycles. The van der Waals surface area contributed by atoms with Crippen molar-refractivity contribution in [2.45, 2.75) is 38.6 Å². The number of amides is 1. The molecule has 4 nitrogen and oxygen atoms in total. The Bertz CT molecular complexity index is 446. The molecular formula is C15H22N2O2. The van der Waals surface area contributed by atoms with E-state index in [4.69, 9.17) is 10.5 Å². The van der Waals surface area contributed by atoms with Gasteiger partial charge < -0.3 is 15.8 Å². The van der Waals surface area contributed by atoms with Gasteiger partial charge in [-0.05, 0) is 38.3 Å². The maximum atomic E-state index is 11.9. The number of hydrogen-bond acceptors (Lipinski definition) is 3. The molecule has 1 heterocycles. The summed E-state index contributed by atoms with van der Waals surface area (Å²) in [5, 5.41) is 3.10. The van der Waals surface area contributed by atoms with E-state index in [1.54, 1.807) is 0 Å². The second kappa shape index (κ2) is 6.57. The molecule has 104 valence electrons. The van der Waals surface area contributed by atoms with Crippen LogP contribution in [0.2, 0.25) is 0 Å². The van der Waals surface area contributed by atoms with Crippen LogP contribution in [0, 0.1) is 6.92 Å². The second-order valence-corrected chi connectivity index (χ2v) is 5.00. The number of benzene rings is 1. The highest BCUT2D eigenvalue weighted by Crippen LogP contribution is 2.33. The normalized spacial score (nSPS) is 18.1. The van der Waals surface area contributed by atoms with Gasteiger partial charge in [0.2, 0.25) is 5.91 Å². The topological polar surface area (TPSA) is 64.3 Å². The Balaban J connectivity index is 2.13. The molecule has 0 radical (unpaired) electrons. The van der Waals surface area contributed by atoms with E-state index >= 15 is 0 Å². The molecule has 0 saturated carbocycles. The third-order valence-electron chi connectivity index (χ3n) is 3.44. The summed E-state index contributed by atoms with van der Waals surface area (Å²) >= 11 is 0. The van der Waals surface area contributed by atoms with E-state index < -0.39 is 0 Å². The number of aryl methyl sites for hydroxylation is 1. The second-order valence-electron chi connectivity index (χ2n) is 5.00. The van der Waals surface area contributed by atoms with E-state index in [1.807, 2.05) is 25.1 Å². The largest absolute Gasteiger partial charge is 0.493 e. The molecule has 0 spiro atoms. The molecule has 1 aliphatic heterocycles. The Morgan fingerprint density at radius 1 is 1.53 bits per heavy atom. The molecule has 19 heavy (non-hydrogen) atoms. The fourth-order valence-electron chi connectivity index (χ4n) is 2.44. The van der Waals surface area contributed by atoms with Gasteiger partial charge in [-0.1, -0.05) is 18.2 Å². The molecule has 4 heteroatoms. The summed E-state index contributed by atoms with van der Waals surface area (Å²) in [6.07, 6.45) is 3.10. The third-order valence-corrected chi connectivity index (χ3v) is 3.44. The van der Waals surface area contributed by atoms with Gasteiger partial charge in [0.15, 0.2) is 0 Å². The predicted molar refractivity (Wildman–Crippen MR) is 75.1 cm³/mol. The van der Waals surface area contributed by atoms with Gasteiger partial charge in [0.25, 0.3) is 0 Å². The van der Waals surface area contributed by atoms with Crippen LogP contribution in [0.4, 0.5) is 0 Å². The minimum Gasteiger partial charge on any atom is -0.493 e.